The molecule has 0 bridgehead atoms. The van der Waals surface area contributed by atoms with Gasteiger partial charge in [0.15, 0.2) is 0 Å². The Bertz CT molecular complexity index is 1090. The van der Waals surface area contributed by atoms with Gasteiger partial charge in [0.2, 0.25) is 5.13 Å². The van der Waals surface area contributed by atoms with Gasteiger partial charge in [0.05, 0.1) is 30.7 Å². The second-order valence-corrected chi connectivity index (χ2v) is 7.07. The van der Waals surface area contributed by atoms with Crippen LogP contribution >= 0.6 is 11.3 Å². The predicted octanol–water partition coefficient (Wildman–Crippen LogP) is 5.43. The van der Waals surface area contributed by atoms with Gasteiger partial charge < -0.3 is 9.47 Å². The molecule has 3 aromatic carbocycles. The first-order valence-electron chi connectivity index (χ1n) is 8.74. The second-order valence-electron chi connectivity index (χ2n) is 6.04. The average molecular weight is 389 g/mol. The van der Waals surface area contributed by atoms with Gasteiger partial charge in [-0.2, -0.15) is 5.10 Å². The molecule has 0 saturated heterocycles. The highest BCUT2D eigenvalue weighted by molar-refractivity contribution is 7.22. The molecule has 0 radical (unpaired) electrons. The van der Waals surface area contributed by atoms with E-state index in [0.29, 0.717) is 0 Å². The Morgan fingerprint density at radius 1 is 0.929 bits per heavy atom. The van der Waals surface area contributed by atoms with Crippen molar-refractivity contribution in [3.63, 3.8) is 0 Å². The molecular weight excluding hydrogens is 370 g/mol. The maximum absolute atomic E-state index is 5.47. The van der Waals surface area contributed by atoms with Crippen molar-refractivity contribution in [3.8, 4) is 22.6 Å². The van der Waals surface area contributed by atoms with Crippen molar-refractivity contribution in [2.45, 2.75) is 0 Å². The van der Waals surface area contributed by atoms with Crippen LogP contribution in [-0.2, 0) is 0 Å². The lowest BCUT2D eigenvalue weighted by molar-refractivity contribution is 0.414. The van der Waals surface area contributed by atoms with Crippen LogP contribution in [0.25, 0.3) is 21.3 Å². The van der Waals surface area contributed by atoms with Crippen LogP contribution in [-0.4, -0.2) is 25.4 Å². The van der Waals surface area contributed by atoms with Gasteiger partial charge in [-0.1, -0.05) is 41.7 Å². The van der Waals surface area contributed by atoms with E-state index in [1.807, 2.05) is 66.7 Å². The molecule has 4 rings (SSSR count). The molecule has 140 valence electrons. The van der Waals surface area contributed by atoms with Crippen molar-refractivity contribution in [2.75, 3.05) is 19.6 Å². The SMILES string of the molecule is COc1ccc(-c2ccc(OC)c(/C=N/Nc3nc4ccccc4s3)c2)cc1. The van der Waals surface area contributed by atoms with Crippen LogP contribution in [0.2, 0.25) is 0 Å². The summed E-state index contributed by atoms with van der Waals surface area (Å²) in [5.41, 5.74) is 7.02. The fraction of sp³-hybridized carbons (Fsp3) is 0.0909. The molecule has 5 nitrogen and oxygen atoms in total. The molecule has 0 aliphatic rings. The normalized spacial score (nSPS) is 11.1. The predicted molar refractivity (Wildman–Crippen MR) is 116 cm³/mol. The zero-order valence-corrected chi connectivity index (χ0v) is 16.4. The third-order valence-electron chi connectivity index (χ3n) is 4.31. The van der Waals surface area contributed by atoms with E-state index in [-0.39, 0.29) is 0 Å². The number of hydrogen-bond donors (Lipinski definition) is 1. The molecule has 1 N–H and O–H groups in total. The molecule has 0 fully saturated rings. The lowest BCUT2D eigenvalue weighted by atomic mass is 10.0. The summed E-state index contributed by atoms with van der Waals surface area (Å²) >= 11 is 1.57. The number of anilines is 1. The van der Waals surface area contributed by atoms with E-state index in [2.05, 4.69) is 15.5 Å². The summed E-state index contributed by atoms with van der Waals surface area (Å²) in [6, 6.07) is 22.0. The summed E-state index contributed by atoms with van der Waals surface area (Å²) in [4.78, 5) is 4.52. The topological polar surface area (TPSA) is 55.7 Å². The third kappa shape index (κ3) is 3.82. The number of para-hydroxylation sites is 1. The molecule has 0 saturated carbocycles. The highest BCUT2D eigenvalue weighted by atomic mass is 32.1. The summed E-state index contributed by atoms with van der Waals surface area (Å²) < 4.78 is 11.8. The minimum Gasteiger partial charge on any atom is -0.497 e. The average Bonchev–Trinajstić information content (AvgIpc) is 3.16. The Balaban J connectivity index is 1.57. The van der Waals surface area contributed by atoms with E-state index in [1.54, 1.807) is 31.8 Å². The Hall–Kier alpha value is -3.38. The quantitative estimate of drug-likeness (QED) is 0.353. The molecule has 0 atom stereocenters. The molecule has 0 unspecified atom stereocenters. The van der Waals surface area contributed by atoms with Crippen LogP contribution < -0.4 is 14.9 Å². The zero-order valence-electron chi connectivity index (χ0n) is 15.5. The first kappa shape index (κ1) is 18.0. The van der Waals surface area contributed by atoms with Crippen LogP contribution in [0.1, 0.15) is 5.56 Å². The highest BCUT2D eigenvalue weighted by Gasteiger charge is 2.06. The van der Waals surface area contributed by atoms with E-state index in [4.69, 9.17) is 9.47 Å². The summed E-state index contributed by atoms with van der Waals surface area (Å²) in [5, 5.41) is 5.10. The fourth-order valence-corrected chi connectivity index (χ4v) is 3.69. The maximum Gasteiger partial charge on any atom is 0.204 e. The van der Waals surface area contributed by atoms with Gasteiger partial charge in [0.1, 0.15) is 11.5 Å². The van der Waals surface area contributed by atoms with Crippen molar-refractivity contribution in [1.82, 2.24) is 4.98 Å². The minimum absolute atomic E-state index is 0.753. The summed E-state index contributed by atoms with van der Waals surface area (Å²) in [7, 11) is 3.32. The number of methoxy groups -OCH3 is 2. The first-order chi connectivity index (χ1) is 13.8. The first-order valence-corrected chi connectivity index (χ1v) is 9.55. The van der Waals surface area contributed by atoms with Crippen molar-refractivity contribution >= 4 is 32.9 Å². The number of aromatic nitrogens is 1. The van der Waals surface area contributed by atoms with Gasteiger partial charge in [-0.25, -0.2) is 4.98 Å². The van der Waals surface area contributed by atoms with Gasteiger partial charge in [-0.05, 0) is 47.5 Å². The van der Waals surface area contributed by atoms with E-state index in [1.165, 1.54) is 0 Å². The van der Waals surface area contributed by atoms with Gasteiger partial charge in [-0.15, -0.1) is 0 Å². The van der Waals surface area contributed by atoms with Crippen LogP contribution in [0.15, 0.2) is 71.8 Å². The van der Waals surface area contributed by atoms with Crippen molar-refractivity contribution in [1.29, 1.82) is 0 Å². The van der Waals surface area contributed by atoms with E-state index < -0.39 is 0 Å². The molecule has 1 aromatic heterocycles. The number of fused-ring (bicyclic) bond motifs is 1. The number of benzene rings is 3. The molecule has 0 aliphatic heterocycles. The van der Waals surface area contributed by atoms with E-state index >= 15 is 0 Å². The minimum atomic E-state index is 0.753. The maximum atomic E-state index is 5.47. The highest BCUT2D eigenvalue weighted by Crippen LogP contribution is 2.28. The largest absolute Gasteiger partial charge is 0.497 e. The molecule has 0 spiro atoms. The van der Waals surface area contributed by atoms with Gasteiger partial charge >= 0.3 is 0 Å². The summed E-state index contributed by atoms with van der Waals surface area (Å²) in [6.07, 6.45) is 1.75. The zero-order chi connectivity index (χ0) is 19.3. The number of nitrogens with one attached hydrogen (secondary N) is 1. The Labute approximate surface area is 167 Å². The smallest absolute Gasteiger partial charge is 0.204 e. The molecule has 0 amide bonds. The standard InChI is InChI=1S/C22H19N3O2S/c1-26-18-10-7-15(8-11-18)16-9-12-20(27-2)17(13-16)14-23-25-22-24-19-5-3-4-6-21(19)28-22/h3-14H,1-2H3,(H,24,25)/b23-14+. The molecular formula is C22H19N3O2S. The fourth-order valence-electron chi connectivity index (χ4n) is 2.88. The Morgan fingerprint density at radius 3 is 2.46 bits per heavy atom. The number of rotatable bonds is 6. The number of thiazole rings is 1. The molecule has 6 heteroatoms. The summed E-state index contributed by atoms with van der Waals surface area (Å²) in [5.74, 6) is 1.59. The third-order valence-corrected chi connectivity index (χ3v) is 5.25. The van der Waals surface area contributed by atoms with Crippen LogP contribution in [0.5, 0.6) is 11.5 Å². The molecule has 28 heavy (non-hydrogen) atoms. The van der Waals surface area contributed by atoms with Crippen LogP contribution in [0.3, 0.4) is 0 Å². The van der Waals surface area contributed by atoms with Crippen molar-refractivity contribution in [2.24, 2.45) is 5.10 Å². The summed E-state index contributed by atoms with van der Waals surface area (Å²) in [6.45, 7) is 0. The Morgan fingerprint density at radius 2 is 1.71 bits per heavy atom. The second kappa shape index (κ2) is 8.10. The molecule has 1 heterocycles. The van der Waals surface area contributed by atoms with Gasteiger partial charge in [-0.3, -0.25) is 5.43 Å². The number of hydrogen-bond acceptors (Lipinski definition) is 6. The number of hydrazone groups is 1. The van der Waals surface area contributed by atoms with Crippen LogP contribution in [0, 0.1) is 0 Å². The monoisotopic (exact) mass is 389 g/mol. The van der Waals surface area contributed by atoms with Crippen LogP contribution in [0.4, 0.5) is 5.13 Å². The lowest BCUT2D eigenvalue weighted by Crippen LogP contribution is -1.94. The van der Waals surface area contributed by atoms with E-state index in [9.17, 15) is 0 Å². The molecule has 4 aromatic rings. The van der Waals surface area contributed by atoms with Gasteiger partial charge in [0, 0.05) is 5.56 Å². The Kier molecular flexibility index (Phi) is 5.21. The molecule has 0 aliphatic carbocycles. The van der Waals surface area contributed by atoms with E-state index in [0.717, 1.165) is 43.5 Å². The lowest BCUT2D eigenvalue weighted by Gasteiger charge is -2.08. The number of nitrogens with zero attached hydrogens (tertiary/aromatic N) is 2. The van der Waals surface area contributed by atoms with Gasteiger partial charge in [0.25, 0.3) is 0 Å². The number of ether oxygens (including phenoxy) is 2. The van der Waals surface area contributed by atoms with Crippen molar-refractivity contribution < 1.29 is 9.47 Å². The van der Waals surface area contributed by atoms with Crippen molar-refractivity contribution in [3.05, 3.63) is 72.3 Å².